The van der Waals surface area contributed by atoms with E-state index in [4.69, 9.17) is 10.4 Å². The molecule has 0 bridgehead atoms. The van der Waals surface area contributed by atoms with Gasteiger partial charge in [-0.15, -0.1) is 0 Å². The molecule has 0 heterocycles. The summed E-state index contributed by atoms with van der Waals surface area (Å²) in [6.07, 6.45) is 0.812. The van der Waals surface area contributed by atoms with Gasteiger partial charge in [0.25, 0.3) is 0 Å². The minimum Gasteiger partial charge on any atom is -0.633 e. The summed E-state index contributed by atoms with van der Waals surface area (Å²) in [6, 6.07) is 0. The molecule has 12 heavy (non-hydrogen) atoms. The summed E-state index contributed by atoms with van der Waals surface area (Å²) >= 11 is 0. The second kappa shape index (κ2) is 4.74. The molecule has 0 radical (unpaired) electrons. The lowest BCUT2D eigenvalue weighted by atomic mass is 10.0. The van der Waals surface area contributed by atoms with Crippen molar-refractivity contribution in [3.63, 3.8) is 0 Å². The highest BCUT2D eigenvalue weighted by Crippen LogP contribution is 2.12. The number of nitrogens with one attached hydrogen (secondary N) is 1. The van der Waals surface area contributed by atoms with E-state index in [-0.39, 0.29) is 10.3 Å². The van der Waals surface area contributed by atoms with Crippen molar-refractivity contribution in [2.45, 2.75) is 39.3 Å². The third-order valence-corrected chi connectivity index (χ3v) is 2.39. The molecule has 1 atom stereocenters. The maximum absolute atomic E-state index is 11.4. The summed E-state index contributed by atoms with van der Waals surface area (Å²) in [5.41, 5.74) is -1.10. The summed E-state index contributed by atoms with van der Waals surface area (Å²) in [5.74, 6) is 0. The van der Waals surface area contributed by atoms with Crippen molar-refractivity contribution >= 4 is 0 Å². The zero-order valence-corrected chi connectivity index (χ0v) is 7.87. The summed E-state index contributed by atoms with van der Waals surface area (Å²) in [4.78, 5) is 0. The maximum Gasteiger partial charge on any atom is 0.200 e. The monoisotopic (exact) mass is 178 g/mol. The lowest BCUT2D eigenvalue weighted by Crippen LogP contribution is -3.18. The minimum atomic E-state index is -1.10. The first kappa shape index (κ1) is 11.8. The van der Waals surface area contributed by atoms with Crippen LogP contribution in [0.4, 0.5) is 0 Å². The van der Waals surface area contributed by atoms with E-state index in [1.54, 1.807) is 20.8 Å². The Morgan fingerprint density at radius 2 is 1.67 bits per heavy atom. The van der Waals surface area contributed by atoms with Gasteiger partial charge in [-0.3, -0.25) is 10.4 Å². The van der Waals surface area contributed by atoms with Crippen LogP contribution in [-0.4, -0.2) is 27.8 Å². The van der Waals surface area contributed by atoms with Crippen molar-refractivity contribution in [2.24, 2.45) is 0 Å². The largest absolute Gasteiger partial charge is 0.633 e. The third kappa shape index (κ3) is 1.94. The van der Waals surface area contributed by atoms with E-state index in [0.29, 0.717) is 19.4 Å². The van der Waals surface area contributed by atoms with Gasteiger partial charge >= 0.3 is 0 Å². The van der Waals surface area contributed by atoms with Crippen LogP contribution in [0.15, 0.2) is 0 Å². The van der Waals surface area contributed by atoms with Gasteiger partial charge in [-0.05, 0) is 12.2 Å². The van der Waals surface area contributed by atoms with E-state index < -0.39 is 5.66 Å². The fourth-order valence-corrected chi connectivity index (χ4v) is 1.37. The van der Waals surface area contributed by atoms with E-state index in [2.05, 4.69) is 0 Å². The van der Waals surface area contributed by atoms with E-state index in [1.807, 2.05) is 0 Å². The Balaban J connectivity index is 4.56. The molecule has 0 aromatic heterocycles. The number of hydrogen-bond acceptors (Lipinski definition) is 4. The normalized spacial score (nSPS) is 15.2. The molecule has 0 saturated heterocycles. The van der Waals surface area contributed by atoms with Crippen LogP contribution in [0.5, 0.6) is 0 Å². The summed E-state index contributed by atoms with van der Waals surface area (Å²) < 4.78 is 0. The van der Waals surface area contributed by atoms with Crippen molar-refractivity contribution in [1.29, 1.82) is 0 Å². The average Bonchev–Trinajstić information content (AvgIpc) is 2.06. The first-order chi connectivity index (χ1) is 5.55. The van der Waals surface area contributed by atoms with E-state index in [9.17, 15) is 5.21 Å². The molecule has 0 rings (SSSR count). The number of hydrogen-bond donors (Lipinski definition) is 3. The van der Waals surface area contributed by atoms with Crippen LogP contribution in [0.1, 0.15) is 33.6 Å². The van der Waals surface area contributed by atoms with Crippen molar-refractivity contribution in [2.75, 3.05) is 6.54 Å². The van der Waals surface area contributed by atoms with Gasteiger partial charge in [0.1, 0.15) is 0 Å². The highest BCUT2D eigenvalue weighted by molar-refractivity contribution is 4.66. The number of hydroxylamine groups is 4. The maximum atomic E-state index is 11.4. The van der Waals surface area contributed by atoms with Crippen LogP contribution in [-0.2, 0) is 0 Å². The van der Waals surface area contributed by atoms with Crippen molar-refractivity contribution < 1.29 is 15.5 Å². The van der Waals surface area contributed by atoms with Crippen LogP contribution in [0.3, 0.4) is 0 Å². The molecule has 0 saturated carbocycles. The predicted molar refractivity (Wildman–Crippen MR) is 43.6 cm³/mol. The second-order valence-corrected chi connectivity index (χ2v) is 2.80. The number of nitrogens with zero attached hydrogens (tertiary/aromatic N) is 1. The van der Waals surface area contributed by atoms with Crippen molar-refractivity contribution in [1.82, 2.24) is 5.23 Å². The molecule has 0 aliphatic carbocycles. The molecule has 0 aromatic carbocycles. The Kier molecular flexibility index (Phi) is 4.66. The summed E-state index contributed by atoms with van der Waals surface area (Å²) in [5, 5.41) is 29.2. The molecule has 0 aromatic rings. The fourth-order valence-electron chi connectivity index (χ4n) is 1.37. The molecule has 0 amide bonds. The molecular weight excluding hydrogens is 160 g/mol. The predicted octanol–water partition coefficient (Wildman–Crippen LogP) is -0.0143. The zero-order valence-electron chi connectivity index (χ0n) is 7.87. The minimum absolute atomic E-state index is 0.0544. The highest BCUT2D eigenvalue weighted by Gasteiger charge is 2.38. The molecule has 74 valence electrons. The van der Waals surface area contributed by atoms with Gasteiger partial charge in [0.15, 0.2) is 5.66 Å². The summed E-state index contributed by atoms with van der Waals surface area (Å²) in [6.45, 7) is 5.55. The Labute approximate surface area is 72.7 Å². The molecule has 0 aliphatic heterocycles. The SMILES string of the molecule is CC[NH+]([O-])C(CC)(CC)N(O)O. The van der Waals surface area contributed by atoms with Crippen molar-refractivity contribution in [3.8, 4) is 0 Å². The average molecular weight is 178 g/mol. The van der Waals surface area contributed by atoms with Crippen LogP contribution in [0, 0.1) is 5.21 Å². The van der Waals surface area contributed by atoms with Gasteiger partial charge in [0.05, 0.1) is 6.54 Å². The number of quaternary nitrogens is 1. The number of rotatable bonds is 5. The van der Waals surface area contributed by atoms with Gasteiger partial charge in [-0.1, -0.05) is 13.8 Å². The molecule has 0 fully saturated rings. The molecule has 5 heteroatoms. The van der Waals surface area contributed by atoms with Gasteiger partial charge in [-0.2, -0.15) is 0 Å². The smallest absolute Gasteiger partial charge is 0.200 e. The molecule has 0 aliphatic rings. The zero-order chi connectivity index (χ0) is 9.78. The highest BCUT2D eigenvalue weighted by atomic mass is 16.8. The first-order valence-electron chi connectivity index (χ1n) is 4.26. The molecule has 5 nitrogen and oxygen atoms in total. The van der Waals surface area contributed by atoms with Crippen LogP contribution in [0.2, 0.25) is 0 Å². The van der Waals surface area contributed by atoms with E-state index in [0.717, 1.165) is 0 Å². The van der Waals surface area contributed by atoms with Crippen LogP contribution >= 0.6 is 0 Å². The van der Waals surface area contributed by atoms with Gasteiger partial charge in [-0.25, -0.2) is 0 Å². The second-order valence-electron chi connectivity index (χ2n) is 2.80. The molecular formula is C7H18N2O3. The lowest BCUT2D eigenvalue weighted by Gasteiger charge is -2.43. The molecule has 1 unspecified atom stereocenters. The third-order valence-electron chi connectivity index (χ3n) is 2.39. The Hall–Kier alpha value is -0.200. The summed E-state index contributed by atoms with van der Waals surface area (Å²) in [7, 11) is 0. The van der Waals surface area contributed by atoms with Gasteiger partial charge < -0.3 is 10.3 Å². The molecule has 3 N–H and O–H groups in total. The Morgan fingerprint density at radius 3 is 1.75 bits per heavy atom. The quantitative estimate of drug-likeness (QED) is 0.409. The lowest BCUT2D eigenvalue weighted by molar-refractivity contribution is -0.938. The van der Waals surface area contributed by atoms with Crippen LogP contribution < -0.4 is 5.06 Å². The van der Waals surface area contributed by atoms with Crippen LogP contribution in [0.25, 0.3) is 0 Å². The Bertz CT molecular complexity index is 126. The van der Waals surface area contributed by atoms with E-state index in [1.165, 1.54) is 0 Å². The fraction of sp³-hybridized carbons (Fsp3) is 1.00. The standard InChI is InChI=1S/C7H18N2O3/c1-4-7(5-2,9(11)12)8(10)6-3/h8,11-12H,4-6H2,1-3H3. The van der Waals surface area contributed by atoms with Gasteiger partial charge in [0, 0.05) is 12.8 Å². The first-order valence-corrected chi connectivity index (χ1v) is 4.26. The van der Waals surface area contributed by atoms with Gasteiger partial charge in [0.2, 0.25) is 0 Å². The van der Waals surface area contributed by atoms with E-state index >= 15 is 0 Å². The molecule has 0 spiro atoms. The Morgan fingerprint density at radius 1 is 1.25 bits per heavy atom. The van der Waals surface area contributed by atoms with Crippen molar-refractivity contribution in [3.05, 3.63) is 5.21 Å². The topological polar surface area (TPSA) is 71.2 Å².